The number of carbonyl (C=O) groups excluding carboxylic acids is 1. The molecular weight excluding hydrogens is 244 g/mol. The van der Waals surface area contributed by atoms with Crippen LogP contribution in [0.15, 0.2) is 30.3 Å². The minimum Gasteiger partial charge on any atom is -0.445 e. The van der Waals surface area contributed by atoms with Gasteiger partial charge >= 0.3 is 6.09 Å². The van der Waals surface area contributed by atoms with Crippen molar-refractivity contribution in [2.45, 2.75) is 12.6 Å². The lowest BCUT2D eigenvalue weighted by Crippen LogP contribution is -2.55. The SMILES string of the molecule is CN1CCN(C(=O)OCc2ccccc2)C(CO)C1. The highest BCUT2D eigenvalue weighted by Gasteiger charge is 2.29. The van der Waals surface area contributed by atoms with E-state index >= 15 is 0 Å². The average Bonchev–Trinajstić information content (AvgIpc) is 2.45. The lowest BCUT2D eigenvalue weighted by Gasteiger charge is -2.38. The van der Waals surface area contributed by atoms with Gasteiger partial charge in [-0.2, -0.15) is 0 Å². The number of piperazine rings is 1. The molecule has 19 heavy (non-hydrogen) atoms. The van der Waals surface area contributed by atoms with Crippen LogP contribution in [0.2, 0.25) is 0 Å². The van der Waals surface area contributed by atoms with Crippen molar-refractivity contribution in [3.8, 4) is 0 Å². The Balaban J connectivity index is 1.88. The molecular formula is C14H20N2O3. The first-order chi connectivity index (χ1) is 9.20. The van der Waals surface area contributed by atoms with E-state index in [4.69, 9.17) is 4.74 Å². The average molecular weight is 264 g/mol. The lowest BCUT2D eigenvalue weighted by molar-refractivity contribution is 0.0300. The Morgan fingerprint density at radius 3 is 2.79 bits per heavy atom. The highest BCUT2D eigenvalue weighted by molar-refractivity contribution is 5.68. The van der Waals surface area contributed by atoms with E-state index in [1.165, 1.54) is 0 Å². The van der Waals surface area contributed by atoms with Gasteiger partial charge in [-0.3, -0.25) is 0 Å². The molecule has 0 aliphatic carbocycles. The van der Waals surface area contributed by atoms with E-state index in [2.05, 4.69) is 4.90 Å². The van der Waals surface area contributed by atoms with Gasteiger partial charge in [-0.15, -0.1) is 0 Å². The van der Waals surface area contributed by atoms with Gasteiger partial charge in [0, 0.05) is 19.6 Å². The second-order valence-electron chi connectivity index (χ2n) is 4.83. The largest absolute Gasteiger partial charge is 0.445 e. The summed E-state index contributed by atoms with van der Waals surface area (Å²) in [6, 6.07) is 9.40. The molecule has 104 valence electrons. The number of carbonyl (C=O) groups is 1. The molecule has 1 amide bonds. The van der Waals surface area contributed by atoms with Crippen LogP contribution >= 0.6 is 0 Å². The van der Waals surface area contributed by atoms with Crippen molar-refractivity contribution in [2.24, 2.45) is 0 Å². The van der Waals surface area contributed by atoms with Gasteiger partial charge in [-0.1, -0.05) is 30.3 Å². The molecule has 1 unspecified atom stereocenters. The predicted octanol–water partition coefficient (Wildman–Crippen LogP) is 0.931. The third-order valence-electron chi connectivity index (χ3n) is 3.34. The molecule has 1 heterocycles. The van der Waals surface area contributed by atoms with Crippen LogP contribution in [-0.2, 0) is 11.3 Å². The Bertz CT molecular complexity index is 410. The maximum atomic E-state index is 12.0. The second kappa shape index (κ2) is 6.54. The third kappa shape index (κ3) is 3.68. The molecule has 0 radical (unpaired) electrons. The molecule has 0 saturated carbocycles. The number of nitrogens with zero attached hydrogens (tertiary/aromatic N) is 2. The van der Waals surface area contributed by atoms with Gasteiger partial charge in [0.2, 0.25) is 0 Å². The Kier molecular flexibility index (Phi) is 4.76. The molecule has 1 aromatic carbocycles. The molecule has 1 aliphatic rings. The van der Waals surface area contributed by atoms with Crippen LogP contribution in [0.25, 0.3) is 0 Å². The summed E-state index contributed by atoms with van der Waals surface area (Å²) in [5.41, 5.74) is 0.963. The van der Waals surface area contributed by atoms with Crippen molar-refractivity contribution in [2.75, 3.05) is 33.3 Å². The molecule has 1 fully saturated rings. The minimum atomic E-state index is -0.351. The fourth-order valence-electron chi connectivity index (χ4n) is 2.21. The summed E-state index contributed by atoms with van der Waals surface area (Å²) in [4.78, 5) is 15.7. The highest BCUT2D eigenvalue weighted by Crippen LogP contribution is 2.11. The topological polar surface area (TPSA) is 53.0 Å². The molecule has 1 saturated heterocycles. The standard InChI is InChI=1S/C14H20N2O3/c1-15-7-8-16(13(9-15)10-17)14(18)19-11-12-5-3-2-4-6-12/h2-6,13,17H,7-11H2,1H3. The van der Waals surface area contributed by atoms with E-state index in [0.29, 0.717) is 13.1 Å². The number of hydrogen-bond donors (Lipinski definition) is 1. The van der Waals surface area contributed by atoms with E-state index in [9.17, 15) is 9.90 Å². The summed E-state index contributed by atoms with van der Waals surface area (Å²) in [5.74, 6) is 0. The van der Waals surface area contributed by atoms with Crippen molar-refractivity contribution in [3.63, 3.8) is 0 Å². The number of benzene rings is 1. The second-order valence-corrected chi connectivity index (χ2v) is 4.83. The van der Waals surface area contributed by atoms with Crippen LogP contribution in [0, 0.1) is 0 Å². The molecule has 1 aromatic rings. The summed E-state index contributed by atoms with van der Waals surface area (Å²) < 4.78 is 5.29. The van der Waals surface area contributed by atoms with Crippen molar-refractivity contribution in [1.82, 2.24) is 9.80 Å². The Morgan fingerprint density at radius 1 is 1.37 bits per heavy atom. The van der Waals surface area contributed by atoms with Crippen LogP contribution in [-0.4, -0.2) is 60.3 Å². The molecule has 5 nitrogen and oxygen atoms in total. The van der Waals surface area contributed by atoms with Crippen molar-refractivity contribution in [1.29, 1.82) is 0 Å². The Hall–Kier alpha value is -1.59. The number of aliphatic hydroxyl groups excluding tert-OH is 1. The number of ether oxygens (including phenoxy) is 1. The number of hydrogen-bond acceptors (Lipinski definition) is 4. The van der Waals surface area contributed by atoms with E-state index in [1.54, 1.807) is 4.90 Å². The fourth-order valence-corrected chi connectivity index (χ4v) is 2.21. The number of amides is 1. The molecule has 1 N–H and O–H groups in total. The first-order valence-electron chi connectivity index (χ1n) is 6.47. The molecule has 2 rings (SSSR count). The molecule has 1 atom stereocenters. The summed E-state index contributed by atoms with van der Waals surface area (Å²) in [6.45, 7) is 2.30. The summed E-state index contributed by atoms with van der Waals surface area (Å²) in [6.07, 6.45) is -0.351. The zero-order chi connectivity index (χ0) is 13.7. The Labute approximate surface area is 113 Å². The molecule has 0 spiro atoms. The first kappa shape index (κ1) is 13.8. The quantitative estimate of drug-likeness (QED) is 0.882. The van der Waals surface area contributed by atoms with E-state index < -0.39 is 0 Å². The smallest absolute Gasteiger partial charge is 0.410 e. The van der Waals surface area contributed by atoms with Crippen molar-refractivity contribution < 1.29 is 14.6 Å². The zero-order valence-electron chi connectivity index (χ0n) is 11.2. The number of likely N-dealkylation sites (N-methyl/N-ethyl adjacent to an activating group) is 1. The number of aliphatic hydroxyl groups is 1. The van der Waals surface area contributed by atoms with Gasteiger partial charge < -0.3 is 19.6 Å². The van der Waals surface area contributed by atoms with Gasteiger partial charge in [0.1, 0.15) is 6.61 Å². The van der Waals surface area contributed by atoms with Gasteiger partial charge in [-0.25, -0.2) is 4.79 Å². The van der Waals surface area contributed by atoms with E-state index in [1.807, 2.05) is 37.4 Å². The van der Waals surface area contributed by atoms with Crippen LogP contribution in [0.4, 0.5) is 4.79 Å². The molecule has 5 heteroatoms. The van der Waals surface area contributed by atoms with Crippen molar-refractivity contribution >= 4 is 6.09 Å². The van der Waals surface area contributed by atoms with Gasteiger partial charge in [-0.05, 0) is 12.6 Å². The minimum absolute atomic E-state index is 0.0369. The van der Waals surface area contributed by atoms with Gasteiger partial charge in [0.25, 0.3) is 0 Å². The predicted molar refractivity (Wildman–Crippen MR) is 71.7 cm³/mol. The van der Waals surface area contributed by atoms with Gasteiger partial charge in [0.05, 0.1) is 12.6 Å². The normalized spacial score (nSPS) is 20.3. The number of rotatable bonds is 3. The van der Waals surface area contributed by atoms with Gasteiger partial charge in [0.15, 0.2) is 0 Å². The van der Waals surface area contributed by atoms with E-state index in [0.717, 1.165) is 12.1 Å². The maximum Gasteiger partial charge on any atom is 0.410 e. The monoisotopic (exact) mass is 264 g/mol. The fraction of sp³-hybridized carbons (Fsp3) is 0.500. The lowest BCUT2D eigenvalue weighted by atomic mass is 10.2. The molecule has 0 bridgehead atoms. The molecule has 0 aromatic heterocycles. The third-order valence-corrected chi connectivity index (χ3v) is 3.34. The van der Waals surface area contributed by atoms with E-state index in [-0.39, 0.29) is 25.3 Å². The highest BCUT2D eigenvalue weighted by atomic mass is 16.6. The zero-order valence-corrected chi connectivity index (χ0v) is 11.2. The van der Waals surface area contributed by atoms with Crippen molar-refractivity contribution in [3.05, 3.63) is 35.9 Å². The summed E-state index contributed by atoms with van der Waals surface area (Å²) in [7, 11) is 1.98. The van der Waals surface area contributed by atoms with Crippen LogP contribution in [0.5, 0.6) is 0 Å². The van der Waals surface area contributed by atoms with Crippen LogP contribution < -0.4 is 0 Å². The summed E-state index contributed by atoms with van der Waals surface area (Å²) in [5, 5.41) is 9.34. The summed E-state index contributed by atoms with van der Waals surface area (Å²) >= 11 is 0. The molecule has 1 aliphatic heterocycles. The van der Waals surface area contributed by atoms with Crippen LogP contribution in [0.1, 0.15) is 5.56 Å². The van der Waals surface area contributed by atoms with Crippen LogP contribution in [0.3, 0.4) is 0 Å². The maximum absolute atomic E-state index is 12.0. The first-order valence-corrected chi connectivity index (χ1v) is 6.47. The Morgan fingerprint density at radius 2 is 2.11 bits per heavy atom.